The third-order valence-corrected chi connectivity index (χ3v) is 4.62. The summed E-state index contributed by atoms with van der Waals surface area (Å²) in [7, 11) is 1.64. The highest BCUT2D eigenvalue weighted by molar-refractivity contribution is 6.04. The number of aromatic nitrogens is 2. The molecule has 0 fully saturated rings. The Morgan fingerprint density at radius 3 is 2.63 bits per heavy atom. The molecular weight excluding hydrogens is 380 g/mol. The number of nitrogens with one attached hydrogen (secondary N) is 3. The lowest BCUT2D eigenvalue weighted by Gasteiger charge is -2.09. The van der Waals surface area contributed by atoms with Crippen molar-refractivity contribution in [2.24, 2.45) is 0 Å². The van der Waals surface area contributed by atoms with E-state index >= 15 is 0 Å². The van der Waals surface area contributed by atoms with Gasteiger partial charge in [-0.1, -0.05) is 29.8 Å². The first kappa shape index (κ1) is 19.3. The molecule has 4 rings (SSSR count). The fourth-order valence-electron chi connectivity index (χ4n) is 3.01. The Labute approximate surface area is 174 Å². The van der Waals surface area contributed by atoms with E-state index in [4.69, 9.17) is 9.47 Å². The van der Waals surface area contributed by atoms with Gasteiger partial charge in [0.05, 0.1) is 12.6 Å². The van der Waals surface area contributed by atoms with Crippen LogP contribution in [0.3, 0.4) is 0 Å². The summed E-state index contributed by atoms with van der Waals surface area (Å²) in [6, 6.07) is 20.5. The number of carbonyl (C=O) groups is 1. The lowest BCUT2D eigenvalue weighted by molar-refractivity contribution is 0.262. The topological polar surface area (TPSA) is 88.3 Å². The van der Waals surface area contributed by atoms with Crippen molar-refractivity contribution in [3.63, 3.8) is 0 Å². The molecule has 0 bridgehead atoms. The second-order valence-corrected chi connectivity index (χ2v) is 6.86. The third-order valence-electron chi connectivity index (χ3n) is 4.62. The highest BCUT2D eigenvalue weighted by atomic mass is 16.5. The second kappa shape index (κ2) is 8.57. The molecule has 0 saturated carbocycles. The van der Waals surface area contributed by atoms with Crippen LogP contribution in [0.1, 0.15) is 11.1 Å². The standard InChI is InChI=1S/C23H22N4O3/c1-15-6-8-17(9-7-15)24-23(28)25-22-20-13-19(10-11-21(20)26-27-22)30-14-16-4-3-5-18(12-16)29-2/h3-13H,14H2,1-2H3,(H3,24,25,26,27,28). The molecule has 3 aromatic carbocycles. The minimum atomic E-state index is -0.366. The molecule has 0 aliphatic rings. The zero-order valence-electron chi connectivity index (χ0n) is 16.7. The van der Waals surface area contributed by atoms with Crippen molar-refractivity contribution in [3.8, 4) is 11.5 Å². The van der Waals surface area contributed by atoms with Crippen LogP contribution in [0, 0.1) is 6.92 Å². The maximum atomic E-state index is 12.3. The van der Waals surface area contributed by atoms with Gasteiger partial charge in [-0.05, 0) is 55.0 Å². The quantitative estimate of drug-likeness (QED) is 0.418. The third kappa shape index (κ3) is 4.52. The number of anilines is 2. The molecule has 7 nitrogen and oxygen atoms in total. The number of benzene rings is 3. The molecule has 3 N–H and O–H groups in total. The van der Waals surface area contributed by atoms with Gasteiger partial charge in [-0.2, -0.15) is 5.10 Å². The summed E-state index contributed by atoms with van der Waals surface area (Å²) in [6.45, 7) is 2.39. The number of methoxy groups -OCH3 is 1. The Hall–Kier alpha value is -4.00. The molecule has 0 aliphatic heterocycles. The number of aryl methyl sites for hydroxylation is 1. The maximum Gasteiger partial charge on any atom is 0.324 e. The van der Waals surface area contributed by atoms with Crippen LogP contribution in [0.5, 0.6) is 11.5 Å². The van der Waals surface area contributed by atoms with Gasteiger partial charge in [-0.25, -0.2) is 4.79 Å². The van der Waals surface area contributed by atoms with E-state index in [0.717, 1.165) is 27.8 Å². The number of urea groups is 1. The van der Waals surface area contributed by atoms with Gasteiger partial charge in [0.25, 0.3) is 0 Å². The Kier molecular flexibility index (Phi) is 5.52. The average molecular weight is 402 g/mol. The molecule has 2 amide bonds. The van der Waals surface area contributed by atoms with Crippen LogP contribution in [0.2, 0.25) is 0 Å². The summed E-state index contributed by atoms with van der Waals surface area (Å²) in [5, 5.41) is 13.5. The van der Waals surface area contributed by atoms with Crippen molar-refractivity contribution in [1.29, 1.82) is 0 Å². The molecule has 152 valence electrons. The fourth-order valence-corrected chi connectivity index (χ4v) is 3.01. The molecule has 30 heavy (non-hydrogen) atoms. The number of hydrogen-bond acceptors (Lipinski definition) is 4. The largest absolute Gasteiger partial charge is 0.497 e. The van der Waals surface area contributed by atoms with Crippen LogP contribution >= 0.6 is 0 Å². The highest BCUT2D eigenvalue weighted by Crippen LogP contribution is 2.26. The summed E-state index contributed by atoms with van der Waals surface area (Å²) in [5.41, 5.74) is 3.63. The van der Waals surface area contributed by atoms with Gasteiger partial charge in [0, 0.05) is 11.1 Å². The van der Waals surface area contributed by atoms with E-state index in [1.165, 1.54) is 0 Å². The van der Waals surface area contributed by atoms with Gasteiger partial charge in [-0.15, -0.1) is 0 Å². The summed E-state index contributed by atoms with van der Waals surface area (Å²) < 4.78 is 11.2. The normalized spacial score (nSPS) is 10.6. The summed E-state index contributed by atoms with van der Waals surface area (Å²) in [6.07, 6.45) is 0. The van der Waals surface area contributed by atoms with E-state index < -0.39 is 0 Å². The first-order valence-electron chi connectivity index (χ1n) is 9.49. The molecular formula is C23H22N4O3. The molecule has 1 aromatic heterocycles. The van der Waals surface area contributed by atoms with Gasteiger partial charge in [0.15, 0.2) is 5.82 Å². The number of carbonyl (C=O) groups excluding carboxylic acids is 1. The van der Waals surface area contributed by atoms with Crippen LogP contribution in [0.25, 0.3) is 10.9 Å². The Morgan fingerprint density at radius 1 is 1.00 bits per heavy atom. The van der Waals surface area contributed by atoms with E-state index in [-0.39, 0.29) is 6.03 Å². The fraction of sp³-hybridized carbons (Fsp3) is 0.130. The number of amides is 2. The van der Waals surface area contributed by atoms with Crippen molar-refractivity contribution in [2.75, 3.05) is 17.7 Å². The van der Waals surface area contributed by atoms with Gasteiger partial charge in [-0.3, -0.25) is 10.4 Å². The minimum Gasteiger partial charge on any atom is -0.497 e. The van der Waals surface area contributed by atoms with Crippen molar-refractivity contribution in [3.05, 3.63) is 77.9 Å². The summed E-state index contributed by atoms with van der Waals surface area (Å²) in [5.74, 6) is 1.89. The zero-order valence-corrected chi connectivity index (χ0v) is 16.7. The highest BCUT2D eigenvalue weighted by Gasteiger charge is 2.11. The number of aromatic amines is 1. The summed E-state index contributed by atoms with van der Waals surface area (Å²) in [4.78, 5) is 12.3. The number of H-pyrrole nitrogens is 1. The lowest BCUT2D eigenvalue weighted by Crippen LogP contribution is -2.19. The predicted octanol–water partition coefficient (Wildman–Crippen LogP) is 5.10. The van der Waals surface area contributed by atoms with Gasteiger partial charge in [0.2, 0.25) is 0 Å². The zero-order chi connectivity index (χ0) is 20.9. The summed E-state index contributed by atoms with van der Waals surface area (Å²) >= 11 is 0. The molecule has 0 spiro atoms. The number of fused-ring (bicyclic) bond motifs is 1. The molecule has 0 unspecified atom stereocenters. The van der Waals surface area contributed by atoms with Crippen molar-refractivity contribution in [2.45, 2.75) is 13.5 Å². The monoisotopic (exact) mass is 402 g/mol. The Morgan fingerprint density at radius 2 is 1.83 bits per heavy atom. The lowest BCUT2D eigenvalue weighted by atomic mass is 10.2. The van der Waals surface area contributed by atoms with Crippen molar-refractivity contribution in [1.82, 2.24) is 10.2 Å². The first-order chi connectivity index (χ1) is 14.6. The van der Waals surface area contributed by atoms with E-state index in [0.29, 0.717) is 23.9 Å². The van der Waals surface area contributed by atoms with Crippen LogP contribution in [-0.2, 0) is 6.61 Å². The van der Waals surface area contributed by atoms with Crippen LogP contribution in [-0.4, -0.2) is 23.3 Å². The molecule has 4 aromatic rings. The van der Waals surface area contributed by atoms with Gasteiger partial charge < -0.3 is 14.8 Å². The number of nitrogens with zero attached hydrogens (tertiary/aromatic N) is 1. The van der Waals surface area contributed by atoms with Gasteiger partial charge >= 0.3 is 6.03 Å². The molecule has 7 heteroatoms. The van der Waals surface area contributed by atoms with Crippen LogP contribution < -0.4 is 20.1 Å². The molecule has 0 atom stereocenters. The van der Waals surface area contributed by atoms with Crippen LogP contribution in [0.4, 0.5) is 16.3 Å². The Bertz CT molecular complexity index is 1170. The Balaban J connectivity index is 1.45. The molecule has 0 saturated heterocycles. The first-order valence-corrected chi connectivity index (χ1v) is 9.49. The average Bonchev–Trinajstić information content (AvgIpc) is 3.16. The maximum absolute atomic E-state index is 12.3. The van der Waals surface area contributed by atoms with Crippen molar-refractivity contribution >= 4 is 28.4 Å². The second-order valence-electron chi connectivity index (χ2n) is 6.86. The smallest absolute Gasteiger partial charge is 0.324 e. The number of hydrogen-bond donors (Lipinski definition) is 3. The predicted molar refractivity (Wildman–Crippen MR) is 117 cm³/mol. The molecule has 1 heterocycles. The van der Waals surface area contributed by atoms with Crippen LogP contribution in [0.15, 0.2) is 66.7 Å². The van der Waals surface area contributed by atoms with E-state index in [1.54, 1.807) is 7.11 Å². The van der Waals surface area contributed by atoms with E-state index in [2.05, 4.69) is 20.8 Å². The number of rotatable bonds is 6. The minimum absolute atomic E-state index is 0.366. The SMILES string of the molecule is COc1cccc(COc2ccc3[nH]nc(NC(=O)Nc4ccc(C)cc4)c3c2)c1. The van der Waals surface area contributed by atoms with Crippen molar-refractivity contribution < 1.29 is 14.3 Å². The molecule has 0 aliphatic carbocycles. The van der Waals surface area contributed by atoms with Gasteiger partial charge in [0.1, 0.15) is 18.1 Å². The van der Waals surface area contributed by atoms with E-state index in [1.807, 2.05) is 73.7 Å². The van der Waals surface area contributed by atoms with E-state index in [9.17, 15) is 4.79 Å². The number of ether oxygens (including phenoxy) is 2. The molecule has 0 radical (unpaired) electrons.